The number of carbonyl (C=O) groups excluding carboxylic acids is 1. The van der Waals surface area contributed by atoms with Crippen molar-refractivity contribution in [3.8, 4) is 11.8 Å². The number of nitriles is 1. The number of carbonyl (C=O) groups is 1. The van der Waals surface area contributed by atoms with E-state index in [4.69, 9.17) is 16.3 Å². The summed E-state index contributed by atoms with van der Waals surface area (Å²) >= 11 is 9.67. The molecule has 0 unspecified atom stereocenters. The van der Waals surface area contributed by atoms with Crippen LogP contribution < -0.4 is 10.1 Å². The first-order chi connectivity index (χ1) is 14.5. The summed E-state index contributed by atoms with van der Waals surface area (Å²) in [6.45, 7) is 0. The van der Waals surface area contributed by atoms with Crippen molar-refractivity contribution >= 4 is 45.2 Å². The third-order valence-corrected chi connectivity index (χ3v) is 5.58. The van der Waals surface area contributed by atoms with E-state index >= 15 is 0 Å². The van der Waals surface area contributed by atoms with Gasteiger partial charge in [0.05, 0.1) is 17.8 Å². The van der Waals surface area contributed by atoms with Crippen LogP contribution in [-0.4, -0.2) is 13.0 Å². The van der Waals surface area contributed by atoms with E-state index in [1.807, 2.05) is 42.5 Å². The number of para-hydroxylation sites is 1. The summed E-state index contributed by atoms with van der Waals surface area (Å²) in [5, 5.41) is 12.7. The predicted octanol–water partition coefficient (Wildman–Crippen LogP) is 6.25. The minimum Gasteiger partial charge on any atom is -0.497 e. The number of nitrogens with one attached hydrogen (secondary N) is 1. The third-order valence-electron chi connectivity index (χ3n) is 4.48. The van der Waals surface area contributed by atoms with Crippen LogP contribution in [0.2, 0.25) is 5.02 Å². The lowest BCUT2D eigenvalue weighted by atomic mass is 9.97. The molecule has 0 bridgehead atoms. The third kappa shape index (κ3) is 5.29. The molecule has 0 fully saturated rings. The molecule has 0 aliphatic rings. The van der Waals surface area contributed by atoms with Crippen LogP contribution in [-0.2, 0) is 11.2 Å². The fourth-order valence-corrected chi connectivity index (χ4v) is 3.51. The Morgan fingerprint density at radius 2 is 1.87 bits per heavy atom. The summed E-state index contributed by atoms with van der Waals surface area (Å²) in [4.78, 5) is 12.7. The van der Waals surface area contributed by atoms with Crippen molar-refractivity contribution in [1.82, 2.24) is 0 Å². The maximum Gasteiger partial charge on any atom is 0.266 e. The molecule has 3 aromatic rings. The van der Waals surface area contributed by atoms with Gasteiger partial charge in [0.25, 0.3) is 5.91 Å². The van der Waals surface area contributed by atoms with E-state index in [0.717, 1.165) is 21.2 Å². The number of anilines is 1. The average Bonchev–Trinajstić information content (AvgIpc) is 2.75. The maximum absolute atomic E-state index is 12.7. The summed E-state index contributed by atoms with van der Waals surface area (Å²) in [5.41, 5.74) is 3.21. The Balaban J connectivity index is 1.95. The zero-order valence-electron chi connectivity index (χ0n) is 16.2. The number of amides is 1. The molecule has 1 N–H and O–H groups in total. The quantitative estimate of drug-likeness (QED) is 0.334. The molecule has 0 aromatic heterocycles. The zero-order chi connectivity index (χ0) is 21.5. The lowest BCUT2D eigenvalue weighted by Gasteiger charge is -2.11. The Bertz CT molecular complexity index is 1150. The molecule has 0 saturated heterocycles. The summed E-state index contributed by atoms with van der Waals surface area (Å²) in [7, 11) is 1.60. The van der Waals surface area contributed by atoms with Gasteiger partial charge in [-0.2, -0.15) is 5.26 Å². The fraction of sp³-hybridized carbons (Fsp3) is 0.0833. The topological polar surface area (TPSA) is 62.1 Å². The molecular formula is C24H18BrClN2O2. The molecule has 4 nitrogen and oxygen atoms in total. The van der Waals surface area contributed by atoms with Crippen molar-refractivity contribution in [1.29, 1.82) is 5.26 Å². The smallest absolute Gasteiger partial charge is 0.266 e. The van der Waals surface area contributed by atoms with Crippen LogP contribution in [0.5, 0.6) is 5.75 Å². The number of nitrogens with zero attached hydrogens (tertiary/aromatic N) is 1. The second-order valence-corrected chi connectivity index (χ2v) is 7.70. The van der Waals surface area contributed by atoms with Gasteiger partial charge in [0.1, 0.15) is 17.4 Å². The van der Waals surface area contributed by atoms with Gasteiger partial charge in [-0.15, -0.1) is 0 Å². The van der Waals surface area contributed by atoms with Crippen molar-refractivity contribution in [2.24, 2.45) is 0 Å². The van der Waals surface area contributed by atoms with Gasteiger partial charge in [0, 0.05) is 4.47 Å². The highest BCUT2D eigenvalue weighted by molar-refractivity contribution is 9.10. The van der Waals surface area contributed by atoms with E-state index in [2.05, 4.69) is 21.2 Å². The molecule has 0 aliphatic carbocycles. The highest BCUT2D eigenvalue weighted by Crippen LogP contribution is 2.27. The molecule has 6 heteroatoms. The van der Waals surface area contributed by atoms with Gasteiger partial charge >= 0.3 is 0 Å². The van der Waals surface area contributed by atoms with Crippen molar-refractivity contribution in [3.05, 3.63) is 98.5 Å². The van der Waals surface area contributed by atoms with E-state index in [-0.39, 0.29) is 5.57 Å². The summed E-state index contributed by atoms with van der Waals surface area (Å²) in [5.74, 6) is 0.182. The molecule has 0 spiro atoms. The monoisotopic (exact) mass is 480 g/mol. The Labute approximate surface area is 188 Å². The van der Waals surface area contributed by atoms with Gasteiger partial charge in [0.15, 0.2) is 0 Å². The van der Waals surface area contributed by atoms with E-state index < -0.39 is 5.91 Å². The Morgan fingerprint density at radius 3 is 2.57 bits per heavy atom. The molecular weight excluding hydrogens is 464 g/mol. The van der Waals surface area contributed by atoms with Gasteiger partial charge in [-0.1, -0.05) is 63.9 Å². The summed E-state index contributed by atoms with van der Waals surface area (Å²) in [6, 6.07) is 22.3. The number of hydrogen-bond acceptors (Lipinski definition) is 3. The molecule has 0 radical (unpaired) electrons. The van der Waals surface area contributed by atoms with Crippen LogP contribution in [0.25, 0.3) is 6.08 Å². The Hall–Kier alpha value is -3.07. The normalized spacial score (nSPS) is 10.9. The molecule has 1 amide bonds. The molecule has 0 heterocycles. The first-order valence-corrected chi connectivity index (χ1v) is 10.3. The number of ether oxygens (including phenoxy) is 1. The van der Waals surface area contributed by atoms with Gasteiger partial charge in [-0.05, 0) is 59.5 Å². The van der Waals surface area contributed by atoms with E-state index in [1.54, 1.807) is 43.5 Å². The van der Waals surface area contributed by atoms with Gasteiger partial charge in [-0.3, -0.25) is 4.79 Å². The Kier molecular flexibility index (Phi) is 7.29. The number of hydrogen-bond donors (Lipinski definition) is 1. The summed E-state index contributed by atoms with van der Waals surface area (Å²) in [6.07, 6.45) is 2.19. The molecule has 0 atom stereocenters. The van der Waals surface area contributed by atoms with Gasteiger partial charge in [0.2, 0.25) is 0 Å². The van der Waals surface area contributed by atoms with Crippen LogP contribution in [0, 0.1) is 11.3 Å². The van der Waals surface area contributed by atoms with Crippen molar-refractivity contribution in [3.63, 3.8) is 0 Å². The zero-order valence-corrected chi connectivity index (χ0v) is 18.5. The Morgan fingerprint density at radius 1 is 1.13 bits per heavy atom. The van der Waals surface area contributed by atoms with Crippen molar-refractivity contribution in [2.45, 2.75) is 6.42 Å². The average molecular weight is 482 g/mol. The lowest BCUT2D eigenvalue weighted by molar-refractivity contribution is -0.112. The SMILES string of the molecule is COc1ccc(/C=C(\C#N)C(=O)Nc2ccccc2Cl)c(Cc2ccccc2Br)c1. The second-order valence-electron chi connectivity index (χ2n) is 6.44. The molecule has 0 saturated carbocycles. The largest absolute Gasteiger partial charge is 0.497 e. The molecule has 3 rings (SSSR count). The number of rotatable bonds is 6. The number of methoxy groups -OCH3 is 1. The van der Waals surface area contributed by atoms with Crippen LogP contribution in [0.15, 0.2) is 76.8 Å². The van der Waals surface area contributed by atoms with Crippen LogP contribution in [0.3, 0.4) is 0 Å². The maximum atomic E-state index is 12.7. The van der Waals surface area contributed by atoms with E-state index in [1.165, 1.54) is 0 Å². The van der Waals surface area contributed by atoms with E-state index in [9.17, 15) is 10.1 Å². The molecule has 30 heavy (non-hydrogen) atoms. The van der Waals surface area contributed by atoms with Crippen LogP contribution in [0.4, 0.5) is 5.69 Å². The minimum atomic E-state index is -0.520. The minimum absolute atomic E-state index is 0.0199. The molecule has 150 valence electrons. The van der Waals surface area contributed by atoms with Crippen LogP contribution in [0.1, 0.15) is 16.7 Å². The number of halogens is 2. The predicted molar refractivity (Wildman–Crippen MR) is 124 cm³/mol. The van der Waals surface area contributed by atoms with E-state index in [0.29, 0.717) is 22.9 Å². The highest BCUT2D eigenvalue weighted by Gasteiger charge is 2.13. The number of benzene rings is 3. The van der Waals surface area contributed by atoms with Gasteiger partial charge in [-0.25, -0.2) is 0 Å². The molecule has 0 aliphatic heterocycles. The highest BCUT2D eigenvalue weighted by atomic mass is 79.9. The van der Waals surface area contributed by atoms with Gasteiger partial charge < -0.3 is 10.1 Å². The molecule has 3 aromatic carbocycles. The van der Waals surface area contributed by atoms with Crippen molar-refractivity contribution in [2.75, 3.05) is 12.4 Å². The second kappa shape index (κ2) is 10.1. The first-order valence-electron chi connectivity index (χ1n) is 9.10. The summed E-state index contributed by atoms with van der Waals surface area (Å²) < 4.78 is 6.34. The first kappa shape index (κ1) is 21.6. The van der Waals surface area contributed by atoms with Crippen LogP contribution >= 0.6 is 27.5 Å². The lowest BCUT2D eigenvalue weighted by Crippen LogP contribution is -2.13. The van der Waals surface area contributed by atoms with Crippen molar-refractivity contribution < 1.29 is 9.53 Å². The fourth-order valence-electron chi connectivity index (χ4n) is 2.91. The standard InChI is InChI=1S/C24H18BrClN2O2/c1-30-20-11-10-16(18(14-20)13-17-6-2-3-7-21(17)25)12-19(15-27)24(29)28-23-9-5-4-8-22(23)26/h2-12,14H,13H2,1H3,(H,28,29)/b19-12+.